The van der Waals surface area contributed by atoms with E-state index in [0.717, 1.165) is 35.2 Å². The Morgan fingerprint density at radius 3 is 2.36 bits per heavy atom. The summed E-state index contributed by atoms with van der Waals surface area (Å²) in [5.74, 6) is -0.939. The number of rotatable bonds is 9. The van der Waals surface area contributed by atoms with Gasteiger partial charge in [0, 0.05) is 23.2 Å². The van der Waals surface area contributed by atoms with Crippen LogP contribution in [0, 0.1) is 18.8 Å². The number of nitrogens with zero attached hydrogens (tertiary/aromatic N) is 2. The standard InChI is InChI=1S/C34H41N7O4/c1-19(2)37-32(43)29-15-14-26(20(3)38-29)23-8-4-21(5-9-23)16-28(36)34(45)41(33(44)24-10-6-22(18-35)7-11-24)25-12-13-27-30(17-25)39-40-31(27)42/h4-5,8-9,12-15,17,19,22,24,28H,6-7,10-11,16,18,35-36H2,1-3H3,(H,37,43)(H2,39,40,42)/t22?,24?,28-/m0/s1. The lowest BCUT2D eigenvalue weighted by Crippen LogP contribution is -2.50. The molecule has 0 bridgehead atoms. The second-order valence-electron chi connectivity index (χ2n) is 12.2. The van der Waals surface area contributed by atoms with E-state index in [1.807, 2.05) is 51.1 Å². The highest BCUT2D eigenvalue weighted by atomic mass is 16.2. The maximum absolute atomic E-state index is 13.9. The zero-order chi connectivity index (χ0) is 32.2. The Morgan fingerprint density at radius 1 is 1.00 bits per heavy atom. The third-order valence-electron chi connectivity index (χ3n) is 8.56. The minimum Gasteiger partial charge on any atom is -0.349 e. The summed E-state index contributed by atoms with van der Waals surface area (Å²) in [5.41, 5.74) is 16.7. The first-order valence-electron chi connectivity index (χ1n) is 15.5. The van der Waals surface area contributed by atoms with Crippen LogP contribution in [0.5, 0.6) is 0 Å². The van der Waals surface area contributed by atoms with Crippen LogP contribution in [0.4, 0.5) is 5.69 Å². The molecule has 0 radical (unpaired) electrons. The number of hydrogen-bond donors (Lipinski definition) is 5. The van der Waals surface area contributed by atoms with Crippen LogP contribution >= 0.6 is 0 Å². The third-order valence-corrected chi connectivity index (χ3v) is 8.56. The van der Waals surface area contributed by atoms with Gasteiger partial charge >= 0.3 is 0 Å². The number of aryl methyl sites for hydroxylation is 1. The van der Waals surface area contributed by atoms with Crippen LogP contribution in [-0.4, -0.2) is 51.5 Å². The number of aromatic nitrogens is 3. The summed E-state index contributed by atoms with van der Waals surface area (Å²) < 4.78 is 0. The van der Waals surface area contributed by atoms with E-state index in [-0.39, 0.29) is 35.8 Å². The topological polar surface area (TPSA) is 180 Å². The van der Waals surface area contributed by atoms with Gasteiger partial charge in [-0.15, -0.1) is 0 Å². The smallest absolute Gasteiger partial charge is 0.271 e. The molecule has 1 aliphatic rings. The van der Waals surface area contributed by atoms with Crippen LogP contribution in [0.15, 0.2) is 59.4 Å². The van der Waals surface area contributed by atoms with E-state index < -0.39 is 11.9 Å². The van der Waals surface area contributed by atoms with Crippen molar-refractivity contribution in [2.24, 2.45) is 23.3 Å². The van der Waals surface area contributed by atoms with Crippen molar-refractivity contribution in [2.45, 2.75) is 65.0 Å². The quantitative estimate of drug-likeness (QED) is 0.192. The van der Waals surface area contributed by atoms with E-state index in [1.165, 1.54) is 4.90 Å². The Balaban J connectivity index is 1.34. The zero-order valence-corrected chi connectivity index (χ0v) is 25.9. The van der Waals surface area contributed by atoms with Crippen molar-refractivity contribution in [3.63, 3.8) is 0 Å². The Kier molecular flexibility index (Phi) is 9.60. The van der Waals surface area contributed by atoms with Crippen molar-refractivity contribution in [1.29, 1.82) is 0 Å². The number of hydrogen-bond acceptors (Lipinski definition) is 7. The number of amides is 3. The minimum atomic E-state index is -0.983. The second-order valence-corrected chi connectivity index (χ2v) is 12.2. The van der Waals surface area contributed by atoms with Gasteiger partial charge in [0.15, 0.2) is 0 Å². The number of carbonyl (C=O) groups excluding carboxylic acids is 3. The van der Waals surface area contributed by atoms with Crippen LogP contribution in [-0.2, 0) is 16.0 Å². The molecular formula is C34H41N7O4. The maximum atomic E-state index is 13.9. The van der Waals surface area contributed by atoms with Gasteiger partial charge in [-0.3, -0.25) is 29.4 Å². The third kappa shape index (κ3) is 7.05. The molecule has 0 spiro atoms. The molecule has 1 atom stereocenters. The van der Waals surface area contributed by atoms with Gasteiger partial charge in [-0.05, 0) is 101 Å². The molecule has 11 heteroatoms. The molecular weight excluding hydrogens is 570 g/mol. The first kappa shape index (κ1) is 31.8. The van der Waals surface area contributed by atoms with Crippen LogP contribution in [0.3, 0.4) is 0 Å². The van der Waals surface area contributed by atoms with Gasteiger partial charge in [0.25, 0.3) is 17.4 Å². The van der Waals surface area contributed by atoms with Crippen molar-refractivity contribution in [3.8, 4) is 11.1 Å². The molecule has 7 N–H and O–H groups in total. The van der Waals surface area contributed by atoms with Gasteiger partial charge in [-0.2, -0.15) is 0 Å². The van der Waals surface area contributed by atoms with Gasteiger partial charge in [0.05, 0.1) is 22.6 Å². The van der Waals surface area contributed by atoms with Gasteiger partial charge in [0.1, 0.15) is 5.69 Å². The summed E-state index contributed by atoms with van der Waals surface area (Å²) in [5, 5.41) is 8.63. The summed E-state index contributed by atoms with van der Waals surface area (Å²) in [7, 11) is 0. The number of anilines is 1. The number of benzene rings is 2. The average Bonchev–Trinajstić information content (AvgIpc) is 3.40. The fourth-order valence-electron chi connectivity index (χ4n) is 6.01. The lowest BCUT2D eigenvalue weighted by Gasteiger charge is -2.32. The largest absolute Gasteiger partial charge is 0.349 e. The molecule has 3 amide bonds. The predicted molar refractivity (Wildman–Crippen MR) is 175 cm³/mol. The van der Waals surface area contributed by atoms with Crippen LogP contribution in [0.1, 0.15) is 61.3 Å². The van der Waals surface area contributed by atoms with Crippen molar-refractivity contribution < 1.29 is 14.4 Å². The van der Waals surface area contributed by atoms with Crippen LogP contribution < -0.4 is 27.2 Å². The summed E-state index contributed by atoms with van der Waals surface area (Å²) in [4.78, 5) is 57.9. The van der Waals surface area contributed by atoms with Crippen molar-refractivity contribution >= 4 is 34.3 Å². The first-order chi connectivity index (χ1) is 21.5. The Hall–Kier alpha value is -4.61. The molecule has 236 valence electrons. The van der Waals surface area contributed by atoms with Gasteiger partial charge < -0.3 is 16.8 Å². The average molecular weight is 612 g/mol. The summed E-state index contributed by atoms with van der Waals surface area (Å²) in [6.07, 6.45) is 3.20. The van der Waals surface area contributed by atoms with Gasteiger partial charge in [-0.1, -0.05) is 30.3 Å². The lowest BCUT2D eigenvalue weighted by molar-refractivity contribution is -0.130. The maximum Gasteiger partial charge on any atom is 0.271 e. The molecule has 0 saturated heterocycles. The number of nitrogens with two attached hydrogens (primary N) is 2. The highest BCUT2D eigenvalue weighted by molar-refractivity contribution is 6.17. The number of pyridine rings is 1. The van der Waals surface area contributed by atoms with E-state index in [9.17, 15) is 19.2 Å². The molecule has 11 nitrogen and oxygen atoms in total. The molecule has 1 aliphatic carbocycles. The van der Waals surface area contributed by atoms with E-state index in [0.29, 0.717) is 47.6 Å². The molecule has 45 heavy (non-hydrogen) atoms. The SMILES string of the molecule is Cc1nc(C(=O)NC(C)C)ccc1-c1ccc(C[C@H](N)C(=O)N(C(=O)C2CCC(CN)CC2)c2ccc3c(=O)[nH][nH]c3c2)cc1. The Labute approximate surface area is 261 Å². The summed E-state index contributed by atoms with van der Waals surface area (Å²) in [6.45, 7) is 6.24. The fourth-order valence-corrected chi connectivity index (χ4v) is 6.01. The number of imide groups is 1. The van der Waals surface area contributed by atoms with Crippen molar-refractivity contribution in [2.75, 3.05) is 11.4 Å². The van der Waals surface area contributed by atoms with Crippen molar-refractivity contribution in [3.05, 3.63) is 81.9 Å². The molecule has 5 rings (SSSR count). The van der Waals surface area contributed by atoms with E-state index in [2.05, 4.69) is 20.5 Å². The molecule has 0 unspecified atom stereocenters. The van der Waals surface area contributed by atoms with Crippen LogP contribution in [0.2, 0.25) is 0 Å². The number of nitrogens with one attached hydrogen (secondary N) is 3. The number of carbonyl (C=O) groups is 3. The molecule has 0 aliphatic heterocycles. The Bertz CT molecular complexity index is 1750. The summed E-state index contributed by atoms with van der Waals surface area (Å²) in [6, 6.07) is 15.1. The van der Waals surface area contributed by atoms with Crippen LogP contribution in [0.25, 0.3) is 22.0 Å². The molecule has 4 aromatic rings. The molecule has 2 heterocycles. The monoisotopic (exact) mass is 611 g/mol. The fraction of sp³-hybridized carbons (Fsp3) is 0.382. The molecule has 1 saturated carbocycles. The predicted octanol–water partition coefficient (Wildman–Crippen LogP) is 3.56. The summed E-state index contributed by atoms with van der Waals surface area (Å²) >= 11 is 0. The lowest BCUT2D eigenvalue weighted by atomic mass is 9.81. The normalized spacial score (nSPS) is 17.3. The minimum absolute atomic E-state index is 0.0139. The molecule has 2 aromatic heterocycles. The molecule has 2 aromatic carbocycles. The van der Waals surface area contributed by atoms with Gasteiger partial charge in [0.2, 0.25) is 5.91 Å². The Morgan fingerprint density at radius 2 is 1.71 bits per heavy atom. The second kappa shape index (κ2) is 13.6. The number of fused-ring (bicyclic) bond motifs is 1. The van der Waals surface area contributed by atoms with E-state index >= 15 is 0 Å². The first-order valence-corrected chi connectivity index (χ1v) is 15.5. The number of H-pyrrole nitrogens is 2. The number of aromatic amines is 2. The molecule has 1 fully saturated rings. The van der Waals surface area contributed by atoms with Gasteiger partial charge in [-0.25, -0.2) is 9.88 Å². The highest BCUT2D eigenvalue weighted by Gasteiger charge is 2.35. The van der Waals surface area contributed by atoms with Crippen molar-refractivity contribution in [1.82, 2.24) is 20.5 Å². The van der Waals surface area contributed by atoms with E-state index in [4.69, 9.17) is 11.5 Å². The highest BCUT2D eigenvalue weighted by Crippen LogP contribution is 2.32. The van der Waals surface area contributed by atoms with E-state index in [1.54, 1.807) is 24.3 Å². The zero-order valence-electron chi connectivity index (χ0n) is 25.9.